The molecule has 0 amide bonds. The van der Waals surface area contributed by atoms with E-state index in [1.807, 2.05) is 27.7 Å². The molecule has 0 fully saturated rings. The molecule has 0 heteroatoms. The van der Waals surface area contributed by atoms with Crippen LogP contribution in [0.15, 0.2) is 24.3 Å². The number of hydrogen-bond donors (Lipinski definition) is 0. The van der Waals surface area contributed by atoms with Gasteiger partial charge in [0.1, 0.15) is 0 Å². The summed E-state index contributed by atoms with van der Waals surface area (Å²) in [4.78, 5) is 0. The van der Waals surface area contributed by atoms with Gasteiger partial charge in [-0.25, -0.2) is 0 Å². The molecule has 0 heterocycles. The van der Waals surface area contributed by atoms with E-state index in [9.17, 15) is 0 Å². The van der Waals surface area contributed by atoms with Crippen LogP contribution in [0, 0.1) is 6.92 Å². The Morgan fingerprint density at radius 2 is 1.35 bits per heavy atom. The molecule has 1 aromatic rings. The molecule has 1 rings (SSSR count). The first-order valence-electron chi connectivity index (χ1n) is 6.64. The Morgan fingerprint density at radius 3 is 1.71 bits per heavy atom. The minimum absolute atomic E-state index is 0. The van der Waals surface area contributed by atoms with Crippen molar-refractivity contribution in [2.24, 2.45) is 0 Å². The monoisotopic (exact) mass is 238 g/mol. The van der Waals surface area contributed by atoms with E-state index in [1.54, 1.807) is 0 Å². The first-order valence-corrected chi connectivity index (χ1v) is 6.64. The van der Waals surface area contributed by atoms with Gasteiger partial charge in [-0.05, 0) is 29.9 Å². The van der Waals surface area contributed by atoms with Crippen LogP contribution >= 0.6 is 0 Å². The van der Waals surface area contributed by atoms with Crippen molar-refractivity contribution < 1.29 is 0 Å². The molecule has 0 saturated carbocycles. The SMILES string of the molecule is C.CC.CC.CCC(C)(C)c1ccccc1C. The number of hydrogen-bond acceptors (Lipinski definition) is 0. The van der Waals surface area contributed by atoms with Gasteiger partial charge >= 0.3 is 0 Å². The summed E-state index contributed by atoms with van der Waals surface area (Å²) in [7, 11) is 0. The molecular weight excluding hydrogens is 204 g/mol. The third kappa shape index (κ3) is 7.20. The molecule has 1 aromatic carbocycles. The third-order valence-electron chi connectivity index (χ3n) is 2.76. The quantitative estimate of drug-likeness (QED) is 0.561. The molecule has 0 spiro atoms. The Hall–Kier alpha value is -0.780. The summed E-state index contributed by atoms with van der Waals surface area (Å²) in [6.45, 7) is 17.0. The lowest BCUT2D eigenvalue weighted by Crippen LogP contribution is -2.16. The van der Waals surface area contributed by atoms with Gasteiger partial charge in [0.05, 0.1) is 0 Å². The highest BCUT2D eigenvalue weighted by Gasteiger charge is 2.18. The second kappa shape index (κ2) is 11.7. The lowest BCUT2D eigenvalue weighted by atomic mass is 9.80. The number of aryl methyl sites for hydroxylation is 1. The second-order valence-corrected chi connectivity index (χ2v) is 4.05. The molecule has 0 aliphatic rings. The minimum Gasteiger partial charge on any atom is -0.0776 e. The molecule has 0 unspecified atom stereocenters. The van der Waals surface area contributed by atoms with Crippen molar-refractivity contribution in [1.82, 2.24) is 0 Å². The molecule has 0 nitrogen and oxygen atoms in total. The van der Waals surface area contributed by atoms with E-state index in [4.69, 9.17) is 0 Å². The van der Waals surface area contributed by atoms with E-state index in [1.165, 1.54) is 17.5 Å². The van der Waals surface area contributed by atoms with Gasteiger partial charge in [-0.2, -0.15) is 0 Å². The second-order valence-electron chi connectivity index (χ2n) is 4.05. The Morgan fingerprint density at radius 1 is 0.941 bits per heavy atom. The summed E-state index contributed by atoms with van der Waals surface area (Å²) < 4.78 is 0. The van der Waals surface area contributed by atoms with Crippen LogP contribution < -0.4 is 0 Å². The van der Waals surface area contributed by atoms with Crippen molar-refractivity contribution in [3.05, 3.63) is 35.4 Å². The smallest absolute Gasteiger partial charge is 0.0104 e. The van der Waals surface area contributed by atoms with Crippen LogP contribution in [-0.4, -0.2) is 0 Å². The summed E-state index contributed by atoms with van der Waals surface area (Å²) in [6.07, 6.45) is 1.19. The highest BCUT2D eigenvalue weighted by atomic mass is 14.2. The molecular formula is C17H34. The van der Waals surface area contributed by atoms with Crippen LogP contribution in [0.1, 0.15) is 73.4 Å². The fourth-order valence-corrected chi connectivity index (χ4v) is 1.52. The standard InChI is InChI=1S/C12H18.2C2H6.CH4/c1-5-12(3,4)11-9-7-6-8-10(11)2;2*1-2;/h6-9H,5H2,1-4H3;2*1-2H3;1H4. The topological polar surface area (TPSA) is 0 Å². The van der Waals surface area contributed by atoms with Gasteiger partial charge in [0.15, 0.2) is 0 Å². The van der Waals surface area contributed by atoms with Gasteiger partial charge in [-0.1, -0.05) is 80.2 Å². The zero-order valence-electron chi connectivity index (χ0n) is 12.5. The van der Waals surface area contributed by atoms with Crippen molar-refractivity contribution in [3.8, 4) is 0 Å². The number of benzene rings is 1. The lowest BCUT2D eigenvalue weighted by Gasteiger charge is -2.25. The maximum absolute atomic E-state index is 2.30. The summed E-state index contributed by atoms with van der Waals surface area (Å²) in [5.41, 5.74) is 3.21. The summed E-state index contributed by atoms with van der Waals surface area (Å²) in [5.74, 6) is 0. The summed E-state index contributed by atoms with van der Waals surface area (Å²) in [6, 6.07) is 8.65. The van der Waals surface area contributed by atoms with Crippen molar-refractivity contribution >= 4 is 0 Å². The Labute approximate surface area is 110 Å². The molecule has 0 N–H and O–H groups in total. The summed E-state index contributed by atoms with van der Waals surface area (Å²) >= 11 is 0. The largest absolute Gasteiger partial charge is 0.0776 e. The van der Waals surface area contributed by atoms with E-state index in [0.29, 0.717) is 5.41 Å². The molecule has 0 radical (unpaired) electrons. The Kier molecular flexibility index (Phi) is 14.8. The van der Waals surface area contributed by atoms with E-state index < -0.39 is 0 Å². The molecule has 0 atom stereocenters. The van der Waals surface area contributed by atoms with E-state index >= 15 is 0 Å². The first-order chi connectivity index (χ1) is 7.58. The minimum atomic E-state index is 0. The van der Waals surface area contributed by atoms with Gasteiger partial charge in [0.2, 0.25) is 0 Å². The molecule has 0 saturated heterocycles. The van der Waals surface area contributed by atoms with Crippen molar-refractivity contribution in [3.63, 3.8) is 0 Å². The van der Waals surface area contributed by atoms with Crippen LogP contribution in [0.5, 0.6) is 0 Å². The Balaban J connectivity index is -0.000000355. The third-order valence-corrected chi connectivity index (χ3v) is 2.76. The zero-order chi connectivity index (χ0) is 13.2. The molecule has 0 aliphatic carbocycles. The maximum Gasteiger partial charge on any atom is -0.0104 e. The average molecular weight is 238 g/mol. The van der Waals surface area contributed by atoms with Crippen LogP contribution in [0.2, 0.25) is 0 Å². The van der Waals surface area contributed by atoms with E-state index in [2.05, 4.69) is 52.0 Å². The van der Waals surface area contributed by atoms with Crippen LogP contribution in [0.3, 0.4) is 0 Å². The maximum atomic E-state index is 2.30. The van der Waals surface area contributed by atoms with Crippen LogP contribution in [0.4, 0.5) is 0 Å². The van der Waals surface area contributed by atoms with E-state index in [0.717, 1.165) is 0 Å². The van der Waals surface area contributed by atoms with Gasteiger partial charge < -0.3 is 0 Å². The lowest BCUT2D eigenvalue weighted by molar-refractivity contribution is 0.503. The Bertz CT molecular complexity index is 258. The summed E-state index contributed by atoms with van der Waals surface area (Å²) in [5, 5.41) is 0. The highest BCUT2D eigenvalue weighted by Crippen LogP contribution is 2.28. The normalized spacial score (nSPS) is 8.94. The van der Waals surface area contributed by atoms with Crippen molar-refractivity contribution in [1.29, 1.82) is 0 Å². The first kappa shape index (κ1) is 21.5. The molecule has 102 valence electrons. The zero-order valence-corrected chi connectivity index (χ0v) is 12.5. The van der Waals surface area contributed by atoms with Crippen LogP contribution in [0.25, 0.3) is 0 Å². The molecule has 17 heavy (non-hydrogen) atoms. The average Bonchev–Trinajstić information content (AvgIpc) is 2.34. The van der Waals surface area contributed by atoms with Gasteiger partial charge in [-0.15, -0.1) is 0 Å². The fraction of sp³-hybridized carbons (Fsp3) is 0.647. The molecule has 0 aliphatic heterocycles. The van der Waals surface area contributed by atoms with Crippen LogP contribution in [-0.2, 0) is 5.41 Å². The highest BCUT2D eigenvalue weighted by molar-refractivity contribution is 5.31. The van der Waals surface area contributed by atoms with Gasteiger partial charge in [0.25, 0.3) is 0 Å². The van der Waals surface area contributed by atoms with Gasteiger partial charge in [0, 0.05) is 0 Å². The van der Waals surface area contributed by atoms with E-state index in [-0.39, 0.29) is 7.43 Å². The fourth-order valence-electron chi connectivity index (χ4n) is 1.52. The predicted octanol–water partition coefficient (Wildman–Crippen LogP) is 6.37. The van der Waals surface area contributed by atoms with Gasteiger partial charge in [-0.3, -0.25) is 0 Å². The number of rotatable bonds is 2. The van der Waals surface area contributed by atoms with Crippen molar-refractivity contribution in [2.45, 2.75) is 74.7 Å². The predicted molar refractivity (Wildman–Crippen MR) is 83.9 cm³/mol. The molecule has 0 aromatic heterocycles. The van der Waals surface area contributed by atoms with Crippen molar-refractivity contribution in [2.75, 3.05) is 0 Å². The molecule has 0 bridgehead atoms.